The first-order valence-electron chi connectivity index (χ1n) is 6.21. The van der Waals surface area contributed by atoms with Crippen LogP contribution < -0.4 is 0 Å². The van der Waals surface area contributed by atoms with Crippen LogP contribution in [0.2, 0.25) is 0 Å². The maximum absolute atomic E-state index is 11.8. The second-order valence-corrected chi connectivity index (χ2v) is 5.25. The highest BCUT2D eigenvalue weighted by molar-refractivity contribution is 5.72. The molecule has 1 amide bonds. The summed E-state index contributed by atoms with van der Waals surface area (Å²) in [5.74, 6) is -0.822. The Balaban J connectivity index is 2.08. The van der Waals surface area contributed by atoms with Gasteiger partial charge in [0.05, 0.1) is 5.54 Å². The first-order valence-corrected chi connectivity index (χ1v) is 6.21. The molecule has 96 valence electrons. The van der Waals surface area contributed by atoms with Crippen molar-refractivity contribution in [2.24, 2.45) is 0 Å². The van der Waals surface area contributed by atoms with E-state index in [1.165, 1.54) is 0 Å². The molecule has 17 heavy (non-hydrogen) atoms. The molecular formula is C12H19NO4. The lowest BCUT2D eigenvalue weighted by Gasteiger charge is -2.36. The van der Waals surface area contributed by atoms with Gasteiger partial charge in [-0.3, -0.25) is 9.69 Å². The Kier molecular flexibility index (Phi) is 3.26. The predicted octanol–water partition coefficient (Wildman–Crippen LogP) is 2.00. The summed E-state index contributed by atoms with van der Waals surface area (Å²) in [7, 11) is 0. The Labute approximate surface area is 101 Å². The molecule has 0 spiro atoms. The van der Waals surface area contributed by atoms with Crippen LogP contribution in [0, 0.1) is 0 Å². The van der Waals surface area contributed by atoms with Gasteiger partial charge in [-0.05, 0) is 26.2 Å². The van der Waals surface area contributed by atoms with Crippen molar-refractivity contribution in [1.82, 2.24) is 4.90 Å². The van der Waals surface area contributed by atoms with Crippen molar-refractivity contribution in [3.63, 3.8) is 0 Å². The minimum atomic E-state index is -0.822. The molecule has 1 N–H and O–H groups in total. The Hall–Kier alpha value is -1.26. The highest BCUT2D eigenvalue weighted by atomic mass is 16.6. The highest BCUT2D eigenvalue weighted by Gasteiger charge is 2.47. The number of carbonyl (C=O) groups is 2. The summed E-state index contributed by atoms with van der Waals surface area (Å²) in [5.41, 5.74) is -0.440. The highest BCUT2D eigenvalue weighted by Crippen LogP contribution is 2.36. The van der Waals surface area contributed by atoms with Gasteiger partial charge in [-0.2, -0.15) is 0 Å². The first-order chi connectivity index (χ1) is 8.03. The minimum absolute atomic E-state index is 0.0797. The van der Waals surface area contributed by atoms with Crippen molar-refractivity contribution in [3.05, 3.63) is 0 Å². The largest absolute Gasteiger partial charge is 0.481 e. The topological polar surface area (TPSA) is 66.8 Å². The number of carboxylic acid groups (broad SMARTS) is 1. The molecule has 1 saturated carbocycles. The van der Waals surface area contributed by atoms with Crippen molar-refractivity contribution in [3.8, 4) is 0 Å². The molecular weight excluding hydrogens is 222 g/mol. The molecule has 1 atom stereocenters. The zero-order valence-electron chi connectivity index (χ0n) is 10.1. The molecule has 1 aliphatic heterocycles. The Morgan fingerprint density at radius 2 is 2.18 bits per heavy atom. The molecule has 1 unspecified atom stereocenters. The molecule has 1 saturated heterocycles. The molecule has 0 aromatic carbocycles. The average molecular weight is 241 g/mol. The Morgan fingerprint density at radius 1 is 1.53 bits per heavy atom. The van der Waals surface area contributed by atoms with Crippen molar-refractivity contribution in [2.45, 2.75) is 57.0 Å². The van der Waals surface area contributed by atoms with Gasteiger partial charge in [-0.25, -0.2) is 4.79 Å². The number of carbonyl (C=O) groups excluding carboxylic acids is 1. The lowest BCUT2D eigenvalue weighted by molar-refractivity contribution is -0.137. The number of rotatable bonds is 4. The van der Waals surface area contributed by atoms with Crippen molar-refractivity contribution >= 4 is 12.1 Å². The van der Waals surface area contributed by atoms with Gasteiger partial charge in [0, 0.05) is 12.5 Å². The van der Waals surface area contributed by atoms with E-state index in [9.17, 15) is 9.59 Å². The molecule has 1 aliphatic carbocycles. The number of ether oxygens (including phenoxy) is 1. The van der Waals surface area contributed by atoms with E-state index in [0.29, 0.717) is 13.0 Å². The SMILES string of the molecule is CC1(CCC(=O)O)COC(=O)N1C1CCCC1. The van der Waals surface area contributed by atoms with Crippen LogP contribution >= 0.6 is 0 Å². The molecule has 0 aromatic rings. The van der Waals surface area contributed by atoms with Crippen molar-refractivity contribution in [1.29, 1.82) is 0 Å². The standard InChI is InChI=1S/C12H19NO4/c1-12(7-6-10(14)15)8-17-11(16)13(12)9-4-2-3-5-9/h9H,2-8H2,1H3,(H,14,15). The number of amides is 1. The summed E-state index contributed by atoms with van der Waals surface area (Å²) in [6, 6.07) is 0.240. The van der Waals surface area contributed by atoms with Crippen LogP contribution in [0.15, 0.2) is 0 Å². The monoisotopic (exact) mass is 241 g/mol. The van der Waals surface area contributed by atoms with Crippen LogP contribution in [0.5, 0.6) is 0 Å². The quantitative estimate of drug-likeness (QED) is 0.817. The van der Waals surface area contributed by atoms with Crippen LogP contribution in [0.1, 0.15) is 45.4 Å². The fourth-order valence-corrected chi connectivity index (χ4v) is 2.90. The second-order valence-electron chi connectivity index (χ2n) is 5.25. The van der Waals surface area contributed by atoms with E-state index in [0.717, 1.165) is 25.7 Å². The van der Waals surface area contributed by atoms with Crippen LogP contribution in [0.3, 0.4) is 0 Å². The lowest BCUT2D eigenvalue weighted by atomic mass is 9.93. The van der Waals surface area contributed by atoms with Gasteiger partial charge in [-0.15, -0.1) is 0 Å². The third-order valence-corrected chi connectivity index (χ3v) is 3.85. The third-order valence-electron chi connectivity index (χ3n) is 3.85. The molecule has 5 nitrogen and oxygen atoms in total. The number of aliphatic carboxylic acids is 1. The maximum Gasteiger partial charge on any atom is 0.410 e. The van der Waals surface area contributed by atoms with Gasteiger partial charge < -0.3 is 9.84 Å². The molecule has 5 heteroatoms. The molecule has 2 aliphatic rings. The summed E-state index contributed by atoms with van der Waals surface area (Å²) >= 11 is 0. The third kappa shape index (κ3) is 2.37. The van der Waals surface area contributed by atoms with E-state index in [4.69, 9.17) is 9.84 Å². The summed E-state index contributed by atoms with van der Waals surface area (Å²) in [4.78, 5) is 24.2. The van der Waals surface area contributed by atoms with Gasteiger partial charge in [0.2, 0.25) is 0 Å². The summed E-state index contributed by atoms with van der Waals surface area (Å²) in [6.45, 7) is 2.24. The fourth-order valence-electron chi connectivity index (χ4n) is 2.90. The number of carboxylic acids is 1. The lowest BCUT2D eigenvalue weighted by Crippen LogP contribution is -2.49. The number of hydrogen-bond acceptors (Lipinski definition) is 3. The summed E-state index contributed by atoms with van der Waals surface area (Å²) in [5, 5.41) is 8.76. The predicted molar refractivity (Wildman–Crippen MR) is 60.7 cm³/mol. The number of cyclic esters (lactones) is 1. The number of nitrogens with zero attached hydrogens (tertiary/aromatic N) is 1. The fraction of sp³-hybridized carbons (Fsp3) is 0.833. The van der Waals surface area contributed by atoms with E-state index < -0.39 is 11.5 Å². The van der Waals surface area contributed by atoms with Crippen molar-refractivity contribution < 1.29 is 19.4 Å². The van der Waals surface area contributed by atoms with E-state index in [-0.39, 0.29) is 18.6 Å². The Morgan fingerprint density at radius 3 is 2.76 bits per heavy atom. The molecule has 0 radical (unpaired) electrons. The van der Waals surface area contributed by atoms with Crippen LogP contribution in [-0.2, 0) is 9.53 Å². The minimum Gasteiger partial charge on any atom is -0.481 e. The second kappa shape index (κ2) is 4.55. The van der Waals surface area contributed by atoms with Gasteiger partial charge in [-0.1, -0.05) is 12.8 Å². The molecule has 1 heterocycles. The smallest absolute Gasteiger partial charge is 0.410 e. The molecule has 0 bridgehead atoms. The van der Waals surface area contributed by atoms with Crippen LogP contribution in [0.4, 0.5) is 4.79 Å². The summed E-state index contributed by atoms with van der Waals surface area (Å²) < 4.78 is 5.12. The number of hydrogen-bond donors (Lipinski definition) is 1. The van der Waals surface area contributed by atoms with Gasteiger partial charge in [0.25, 0.3) is 0 Å². The van der Waals surface area contributed by atoms with E-state index in [1.54, 1.807) is 4.90 Å². The van der Waals surface area contributed by atoms with Crippen LogP contribution in [-0.4, -0.2) is 40.3 Å². The van der Waals surface area contributed by atoms with Crippen LogP contribution in [0.25, 0.3) is 0 Å². The first kappa shape index (κ1) is 12.2. The maximum atomic E-state index is 11.8. The van der Waals surface area contributed by atoms with E-state index in [1.807, 2.05) is 6.92 Å². The molecule has 2 rings (SSSR count). The van der Waals surface area contributed by atoms with Gasteiger partial charge in [0.1, 0.15) is 6.61 Å². The zero-order chi connectivity index (χ0) is 12.5. The van der Waals surface area contributed by atoms with E-state index >= 15 is 0 Å². The van der Waals surface area contributed by atoms with Crippen molar-refractivity contribution in [2.75, 3.05) is 6.61 Å². The van der Waals surface area contributed by atoms with E-state index in [2.05, 4.69) is 0 Å². The zero-order valence-corrected chi connectivity index (χ0v) is 10.1. The van der Waals surface area contributed by atoms with Gasteiger partial charge >= 0.3 is 12.1 Å². The Bertz CT molecular complexity index is 324. The average Bonchev–Trinajstić information content (AvgIpc) is 2.85. The van der Waals surface area contributed by atoms with Gasteiger partial charge in [0.15, 0.2) is 0 Å². The molecule has 2 fully saturated rings. The molecule has 0 aromatic heterocycles. The normalized spacial score (nSPS) is 29.7. The summed E-state index contributed by atoms with van der Waals surface area (Å²) in [6.07, 6.45) is 4.58.